The summed E-state index contributed by atoms with van der Waals surface area (Å²) in [4.78, 5) is 38.3. The standard InChI is InChI=1S/C22H15FN2O3/c23-15-7-5-14(6-8-15)13-20(26)24-16-9-11-17(12-10-16)25-21(27)18-3-1-2-4-19(18)22(25)28/h1-12H,13H2,(H,24,26). The molecule has 28 heavy (non-hydrogen) atoms. The average molecular weight is 374 g/mol. The van der Waals surface area contributed by atoms with E-state index >= 15 is 0 Å². The van der Waals surface area contributed by atoms with Crippen LogP contribution < -0.4 is 10.2 Å². The summed E-state index contributed by atoms with van der Waals surface area (Å²) in [5.74, 6) is -1.34. The molecule has 1 aliphatic rings. The molecule has 1 heterocycles. The smallest absolute Gasteiger partial charge is 0.266 e. The van der Waals surface area contributed by atoms with Crippen LogP contribution in [0, 0.1) is 5.82 Å². The lowest BCUT2D eigenvalue weighted by atomic mass is 10.1. The first-order valence-electron chi connectivity index (χ1n) is 8.65. The summed E-state index contributed by atoms with van der Waals surface area (Å²) in [5, 5.41) is 2.74. The van der Waals surface area contributed by atoms with E-state index in [-0.39, 0.29) is 30.0 Å². The lowest BCUT2D eigenvalue weighted by Crippen LogP contribution is -2.29. The molecular weight excluding hydrogens is 359 g/mol. The Hall–Kier alpha value is -3.80. The second-order valence-corrected chi connectivity index (χ2v) is 6.39. The molecule has 0 bridgehead atoms. The largest absolute Gasteiger partial charge is 0.326 e. The van der Waals surface area contributed by atoms with Crippen molar-refractivity contribution in [2.45, 2.75) is 6.42 Å². The number of imide groups is 1. The number of rotatable bonds is 4. The van der Waals surface area contributed by atoms with Gasteiger partial charge in [0.25, 0.3) is 11.8 Å². The Morgan fingerprint density at radius 1 is 0.821 bits per heavy atom. The van der Waals surface area contributed by atoms with Gasteiger partial charge in [0.2, 0.25) is 5.91 Å². The van der Waals surface area contributed by atoms with Gasteiger partial charge in [0.05, 0.1) is 23.2 Å². The Morgan fingerprint density at radius 3 is 1.96 bits per heavy atom. The van der Waals surface area contributed by atoms with Gasteiger partial charge < -0.3 is 5.32 Å². The lowest BCUT2D eigenvalue weighted by Gasteiger charge is -2.14. The van der Waals surface area contributed by atoms with Crippen LogP contribution in [0.3, 0.4) is 0 Å². The van der Waals surface area contributed by atoms with E-state index in [9.17, 15) is 18.8 Å². The molecule has 0 aromatic heterocycles. The maximum Gasteiger partial charge on any atom is 0.266 e. The van der Waals surface area contributed by atoms with Crippen LogP contribution >= 0.6 is 0 Å². The Balaban J connectivity index is 1.46. The topological polar surface area (TPSA) is 66.5 Å². The molecule has 3 aromatic rings. The monoisotopic (exact) mass is 374 g/mol. The number of benzene rings is 3. The molecule has 6 heteroatoms. The molecular formula is C22H15FN2O3. The molecule has 0 saturated carbocycles. The van der Waals surface area contributed by atoms with Gasteiger partial charge in [0.1, 0.15) is 5.82 Å². The molecule has 0 fully saturated rings. The van der Waals surface area contributed by atoms with Crippen LogP contribution in [0.4, 0.5) is 15.8 Å². The summed E-state index contributed by atoms with van der Waals surface area (Å²) in [6.45, 7) is 0. The van der Waals surface area contributed by atoms with Gasteiger partial charge in [-0.05, 0) is 54.1 Å². The second-order valence-electron chi connectivity index (χ2n) is 6.39. The number of nitrogens with zero attached hydrogens (tertiary/aromatic N) is 1. The van der Waals surface area contributed by atoms with Crippen molar-refractivity contribution in [3.63, 3.8) is 0 Å². The highest BCUT2D eigenvalue weighted by molar-refractivity contribution is 6.34. The van der Waals surface area contributed by atoms with Gasteiger partial charge in [0, 0.05) is 5.69 Å². The van der Waals surface area contributed by atoms with E-state index in [0.29, 0.717) is 28.1 Å². The van der Waals surface area contributed by atoms with E-state index in [1.54, 1.807) is 60.7 Å². The Labute approximate surface area is 160 Å². The number of nitrogens with one attached hydrogen (secondary N) is 1. The van der Waals surface area contributed by atoms with Crippen LogP contribution in [0.1, 0.15) is 26.3 Å². The summed E-state index contributed by atoms with van der Waals surface area (Å²) in [7, 11) is 0. The maximum absolute atomic E-state index is 12.9. The van der Waals surface area contributed by atoms with Crippen LogP contribution in [0.25, 0.3) is 0 Å². The fourth-order valence-electron chi connectivity index (χ4n) is 3.11. The number of fused-ring (bicyclic) bond motifs is 1. The van der Waals surface area contributed by atoms with E-state index < -0.39 is 0 Å². The predicted molar refractivity (Wildman–Crippen MR) is 103 cm³/mol. The third kappa shape index (κ3) is 3.27. The molecule has 1 N–H and O–H groups in total. The minimum absolute atomic E-state index is 0.112. The van der Waals surface area contributed by atoms with Crippen LogP contribution in [0.15, 0.2) is 72.8 Å². The van der Waals surface area contributed by atoms with Gasteiger partial charge in [-0.25, -0.2) is 9.29 Å². The fraction of sp³-hybridized carbons (Fsp3) is 0.0455. The van der Waals surface area contributed by atoms with E-state index in [2.05, 4.69) is 5.32 Å². The van der Waals surface area contributed by atoms with Crippen molar-refractivity contribution in [3.8, 4) is 0 Å². The number of hydrogen-bond donors (Lipinski definition) is 1. The first-order valence-corrected chi connectivity index (χ1v) is 8.65. The van der Waals surface area contributed by atoms with E-state index in [0.717, 1.165) is 4.90 Å². The highest BCUT2D eigenvalue weighted by atomic mass is 19.1. The number of anilines is 2. The minimum atomic E-state index is -0.367. The molecule has 0 spiro atoms. The molecule has 0 aliphatic carbocycles. The normalized spacial score (nSPS) is 12.8. The predicted octanol–water partition coefficient (Wildman–Crippen LogP) is 3.81. The molecule has 3 aromatic carbocycles. The van der Waals surface area contributed by atoms with Gasteiger partial charge in [-0.15, -0.1) is 0 Å². The minimum Gasteiger partial charge on any atom is -0.326 e. The first kappa shape index (κ1) is 17.6. The zero-order valence-electron chi connectivity index (χ0n) is 14.7. The lowest BCUT2D eigenvalue weighted by molar-refractivity contribution is -0.115. The van der Waals surface area contributed by atoms with Gasteiger partial charge >= 0.3 is 0 Å². The molecule has 3 amide bonds. The molecule has 0 unspecified atom stereocenters. The van der Waals surface area contributed by atoms with Crippen molar-refractivity contribution in [2.24, 2.45) is 0 Å². The number of amides is 3. The van der Waals surface area contributed by atoms with E-state index in [1.807, 2.05) is 0 Å². The Bertz CT molecular complexity index is 1040. The molecule has 1 aliphatic heterocycles. The summed E-state index contributed by atoms with van der Waals surface area (Å²) >= 11 is 0. The quantitative estimate of drug-likeness (QED) is 0.706. The number of hydrogen-bond acceptors (Lipinski definition) is 3. The Kier molecular flexibility index (Phi) is 4.45. The van der Waals surface area contributed by atoms with Gasteiger partial charge in [-0.1, -0.05) is 24.3 Å². The SMILES string of the molecule is O=C(Cc1ccc(F)cc1)Nc1ccc(N2C(=O)c3ccccc3C2=O)cc1. The van der Waals surface area contributed by atoms with Gasteiger partial charge in [0.15, 0.2) is 0 Å². The third-order valence-corrected chi connectivity index (χ3v) is 4.48. The molecule has 5 nitrogen and oxygen atoms in total. The number of carbonyl (C=O) groups is 3. The molecule has 138 valence electrons. The van der Waals surface area contributed by atoms with Crippen LogP contribution in [0.5, 0.6) is 0 Å². The van der Waals surface area contributed by atoms with E-state index in [4.69, 9.17) is 0 Å². The molecule has 0 saturated heterocycles. The summed E-state index contributed by atoms with van der Waals surface area (Å²) in [6.07, 6.45) is 0.112. The number of carbonyl (C=O) groups excluding carboxylic acids is 3. The van der Waals surface area contributed by atoms with Crippen molar-refractivity contribution < 1.29 is 18.8 Å². The van der Waals surface area contributed by atoms with Crippen LogP contribution in [-0.4, -0.2) is 17.7 Å². The van der Waals surface area contributed by atoms with Crippen molar-refractivity contribution >= 4 is 29.1 Å². The van der Waals surface area contributed by atoms with Crippen molar-refractivity contribution in [1.82, 2.24) is 0 Å². The van der Waals surface area contributed by atoms with E-state index in [1.165, 1.54) is 12.1 Å². The molecule has 0 radical (unpaired) electrons. The van der Waals surface area contributed by atoms with Crippen molar-refractivity contribution in [2.75, 3.05) is 10.2 Å². The first-order chi connectivity index (χ1) is 13.5. The third-order valence-electron chi connectivity index (χ3n) is 4.48. The number of halogens is 1. The second kappa shape index (κ2) is 7.08. The maximum atomic E-state index is 12.9. The van der Waals surface area contributed by atoms with Gasteiger partial charge in [-0.3, -0.25) is 14.4 Å². The van der Waals surface area contributed by atoms with Crippen molar-refractivity contribution in [1.29, 1.82) is 0 Å². The molecule has 4 rings (SSSR count). The summed E-state index contributed by atoms with van der Waals surface area (Å²) in [6, 6.07) is 18.9. The Morgan fingerprint density at radius 2 is 1.39 bits per heavy atom. The van der Waals surface area contributed by atoms with Crippen LogP contribution in [-0.2, 0) is 11.2 Å². The van der Waals surface area contributed by atoms with Crippen LogP contribution in [0.2, 0.25) is 0 Å². The average Bonchev–Trinajstić information content (AvgIpc) is 2.95. The van der Waals surface area contributed by atoms with Gasteiger partial charge in [-0.2, -0.15) is 0 Å². The summed E-state index contributed by atoms with van der Waals surface area (Å²) < 4.78 is 12.9. The highest BCUT2D eigenvalue weighted by Gasteiger charge is 2.36. The zero-order chi connectivity index (χ0) is 19.7. The van der Waals surface area contributed by atoms with Crippen molar-refractivity contribution in [3.05, 3.63) is 95.3 Å². The fourth-order valence-corrected chi connectivity index (χ4v) is 3.11. The zero-order valence-corrected chi connectivity index (χ0v) is 14.7. The summed E-state index contributed by atoms with van der Waals surface area (Å²) in [5.41, 5.74) is 2.42. The highest BCUT2D eigenvalue weighted by Crippen LogP contribution is 2.29. The molecule has 0 atom stereocenters.